The average molecular weight is 800 g/mol. The first kappa shape index (κ1) is 38.6. The van der Waals surface area contributed by atoms with Gasteiger partial charge in [0, 0.05) is 39.8 Å². The van der Waals surface area contributed by atoms with Crippen LogP contribution in [0.15, 0.2) is 224 Å². The lowest BCUT2D eigenvalue weighted by Crippen LogP contribution is -2.38. The molecule has 0 radical (unpaired) electrons. The number of para-hydroxylation sites is 3. The van der Waals surface area contributed by atoms with Crippen molar-refractivity contribution in [2.75, 3.05) is 14.7 Å². The molecule has 0 saturated heterocycles. The fraction of sp³-hybridized carbons (Fsp3) is 0.0847. The van der Waals surface area contributed by atoms with Crippen LogP contribution < -0.4 is 14.7 Å². The van der Waals surface area contributed by atoms with E-state index in [9.17, 15) is 0 Å². The van der Waals surface area contributed by atoms with E-state index in [0.29, 0.717) is 0 Å². The molecule has 1 heterocycles. The molecule has 0 amide bonds. The van der Waals surface area contributed by atoms with Crippen LogP contribution in [-0.4, -0.2) is 0 Å². The minimum Gasteiger partial charge on any atom is -0.310 e. The number of aryl methyl sites for hydroxylation is 4. The topological polar surface area (TPSA) is 9.72 Å². The van der Waals surface area contributed by atoms with E-state index in [1.807, 2.05) is 0 Å². The molecular formula is C59H49N3. The summed E-state index contributed by atoms with van der Waals surface area (Å²) in [6, 6.07) is 82.6. The Balaban J connectivity index is 1.28. The molecule has 9 aromatic rings. The van der Waals surface area contributed by atoms with Crippen LogP contribution in [0.5, 0.6) is 0 Å². The maximum absolute atomic E-state index is 2.44. The summed E-state index contributed by atoms with van der Waals surface area (Å²) in [7, 11) is 0. The molecule has 1 aliphatic heterocycles. The van der Waals surface area contributed by atoms with Crippen molar-refractivity contribution in [3.63, 3.8) is 0 Å². The molecule has 0 fully saturated rings. The lowest BCUT2D eigenvalue weighted by atomic mass is 9.62. The zero-order valence-electron chi connectivity index (χ0n) is 35.7. The Morgan fingerprint density at radius 1 is 0.306 bits per heavy atom. The molecular weight excluding hydrogens is 751 g/mol. The van der Waals surface area contributed by atoms with Gasteiger partial charge in [-0.1, -0.05) is 127 Å². The van der Waals surface area contributed by atoms with Crippen LogP contribution in [0.2, 0.25) is 0 Å². The van der Waals surface area contributed by atoms with Crippen LogP contribution in [-0.2, 0) is 5.41 Å². The summed E-state index contributed by atoms with van der Waals surface area (Å²) in [5.41, 5.74) is 19.0. The lowest BCUT2D eigenvalue weighted by Gasteiger charge is -2.47. The molecule has 62 heavy (non-hydrogen) atoms. The first-order valence-electron chi connectivity index (χ1n) is 21.5. The molecule has 3 heteroatoms. The summed E-state index contributed by atoms with van der Waals surface area (Å²) in [5, 5.41) is 0. The van der Waals surface area contributed by atoms with Gasteiger partial charge in [0.05, 0.1) is 16.8 Å². The monoisotopic (exact) mass is 799 g/mol. The van der Waals surface area contributed by atoms with Crippen LogP contribution in [0.25, 0.3) is 0 Å². The molecule has 9 aromatic carbocycles. The third-order valence-corrected chi connectivity index (χ3v) is 12.2. The van der Waals surface area contributed by atoms with Crippen molar-refractivity contribution in [3.05, 3.63) is 269 Å². The van der Waals surface area contributed by atoms with Crippen molar-refractivity contribution in [1.29, 1.82) is 0 Å². The van der Waals surface area contributed by atoms with Gasteiger partial charge in [0.15, 0.2) is 0 Å². The number of rotatable bonds is 9. The van der Waals surface area contributed by atoms with Crippen LogP contribution in [0, 0.1) is 27.7 Å². The number of fused-ring (bicyclic) bond motifs is 2. The Hall–Kier alpha value is -7.62. The first-order chi connectivity index (χ1) is 30.4. The standard InChI is InChI=1S/C59H49N3/c1-42-18-12-26-49(36-42)60(50-27-13-19-43(2)37-50)53-30-16-22-46(40-53)59(55-32-8-10-34-57(55)62(48-24-6-5-7-25-48)58-35-11-9-33-56(58)59)47-23-17-31-54(41-47)61(51-28-14-20-44(3)38-51)52-29-15-21-45(4)39-52/h5-41H,1-4H3. The fourth-order valence-electron chi connectivity index (χ4n) is 9.61. The second-order valence-electron chi connectivity index (χ2n) is 16.6. The van der Waals surface area contributed by atoms with Crippen LogP contribution in [0.4, 0.5) is 51.2 Å². The first-order valence-corrected chi connectivity index (χ1v) is 21.5. The smallest absolute Gasteiger partial charge is 0.0743 e. The van der Waals surface area contributed by atoms with Gasteiger partial charge in [-0.2, -0.15) is 0 Å². The minimum atomic E-state index is -0.736. The van der Waals surface area contributed by atoms with Gasteiger partial charge in [-0.25, -0.2) is 0 Å². The predicted molar refractivity (Wildman–Crippen MR) is 261 cm³/mol. The molecule has 0 aliphatic carbocycles. The number of hydrogen-bond acceptors (Lipinski definition) is 3. The summed E-state index contributed by atoms with van der Waals surface area (Å²) in [5.74, 6) is 0. The molecule has 0 atom stereocenters. The van der Waals surface area contributed by atoms with E-state index in [1.165, 1.54) is 44.5 Å². The largest absolute Gasteiger partial charge is 0.310 e. The Morgan fingerprint density at radius 2 is 0.629 bits per heavy atom. The van der Waals surface area contributed by atoms with Gasteiger partial charge in [0.25, 0.3) is 0 Å². The van der Waals surface area contributed by atoms with Gasteiger partial charge in [-0.3, -0.25) is 0 Å². The highest BCUT2D eigenvalue weighted by Crippen LogP contribution is 2.58. The summed E-state index contributed by atoms with van der Waals surface area (Å²) >= 11 is 0. The zero-order chi connectivity index (χ0) is 42.2. The number of hydrogen-bond donors (Lipinski definition) is 0. The van der Waals surface area contributed by atoms with E-state index in [0.717, 1.165) is 51.2 Å². The van der Waals surface area contributed by atoms with E-state index >= 15 is 0 Å². The highest BCUT2D eigenvalue weighted by molar-refractivity contribution is 5.90. The second-order valence-corrected chi connectivity index (χ2v) is 16.6. The lowest BCUT2D eigenvalue weighted by molar-refractivity contribution is 0.731. The Bertz CT molecular complexity index is 2780. The van der Waals surface area contributed by atoms with Crippen LogP contribution in [0.1, 0.15) is 44.5 Å². The molecule has 0 spiro atoms. The van der Waals surface area contributed by atoms with Crippen LogP contribution >= 0.6 is 0 Å². The number of anilines is 9. The Kier molecular flexibility index (Phi) is 10.0. The van der Waals surface area contributed by atoms with E-state index in [1.54, 1.807) is 0 Å². The molecule has 0 aromatic heterocycles. The highest BCUT2D eigenvalue weighted by Gasteiger charge is 2.47. The predicted octanol–water partition coefficient (Wildman–Crippen LogP) is 16.0. The molecule has 1 aliphatic rings. The van der Waals surface area contributed by atoms with E-state index in [-0.39, 0.29) is 0 Å². The summed E-state index contributed by atoms with van der Waals surface area (Å²) in [6.07, 6.45) is 0. The molecule has 300 valence electrons. The number of nitrogens with zero attached hydrogens (tertiary/aromatic N) is 3. The summed E-state index contributed by atoms with van der Waals surface area (Å²) in [6.45, 7) is 8.67. The fourth-order valence-corrected chi connectivity index (χ4v) is 9.61. The average Bonchev–Trinajstić information content (AvgIpc) is 3.29. The van der Waals surface area contributed by atoms with E-state index < -0.39 is 5.41 Å². The van der Waals surface area contributed by atoms with E-state index in [4.69, 9.17) is 0 Å². The van der Waals surface area contributed by atoms with Gasteiger partial charge < -0.3 is 14.7 Å². The molecule has 0 N–H and O–H groups in total. The minimum absolute atomic E-state index is 0.736. The summed E-state index contributed by atoms with van der Waals surface area (Å²) < 4.78 is 0. The number of benzene rings is 9. The maximum Gasteiger partial charge on any atom is 0.0743 e. The van der Waals surface area contributed by atoms with Crippen molar-refractivity contribution < 1.29 is 0 Å². The summed E-state index contributed by atoms with van der Waals surface area (Å²) in [4.78, 5) is 7.25. The second kappa shape index (κ2) is 16.1. The van der Waals surface area contributed by atoms with Gasteiger partial charge in [0.2, 0.25) is 0 Å². The molecule has 0 unspecified atom stereocenters. The SMILES string of the molecule is Cc1cccc(N(c2cccc(C)c2)c2cccc(C3(c4cccc(N(c5cccc(C)c5)c5cccc(C)c5)c4)c4ccccc4N(c4ccccc4)c4ccccc43)c2)c1. The Labute approximate surface area is 366 Å². The molecule has 0 bridgehead atoms. The van der Waals surface area contributed by atoms with Gasteiger partial charge in [-0.15, -0.1) is 0 Å². The third kappa shape index (κ3) is 6.82. The molecule has 3 nitrogen and oxygen atoms in total. The quantitative estimate of drug-likeness (QED) is 0.144. The highest BCUT2D eigenvalue weighted by atomic mass is 15.2. The van der Waals surface area contributed by atoms with Gasteiger partial charge >= 0.3 is 0 Å². The zero-order valence-corrected chi connectivity index (χ0v) is 35.7. The van der Waals surface area contributed by atoms with Crippen molar-refractivity contribution in [2.24, 2.45) is 0 Å². The maximum atomic E-state index is 2.44. The van der Waals surface area contributed by atoms with Crippen molar-refractivity contribution >= 4 is 51.2 Å². The van der Waals surface area contributed by atoms with E-state index in [2.05, 4.69) is 267 Å². The third-order valence-electron chi connectivity index (χ3n) is 12.2. The van der Waals surface area contributed by atoms with Crippen molar-refractivity contribution in [1.82, 2.24) is 0 Å². The van der Waals surface area contributed by atoms with Crippen molar-refractivity contribution in [3.8, 4) is 0 Å². The van der Waals surface area contributed by atoms with Crippen molar-refractivity contribution in [2.45, 2.75) is 33.1 Å². The normalized spacial score (nSPS) is 12.6. The molecule has 10 rings (SSSR count). The van der Waals surface area contributed by atoms with Crippen LogP contribution in [0.3, 0.4) is 0 Å². The van der Waals surface area contributed by atoms with Gasteiger partial charge in [0.1, 0.15) is 0 Å². The Morgan fingerprint density at radius 3 is 1.00 bits per heavy atom. The van der Waals surface area contributed by atoms with Gasteiger partial charge in [-0.05, 0) is 169 Å². The molecule has 0 saturated carbocycles.